The summed E-state index contributed by atoms with van der Waals surface area (Å²) in [6.45, 7) is 9.52. The molecule has 9 atom stereocenters. The molecule has 0 bridgehead atoms. The summed E-state index contributed by atoms with van der Waals surface area (Å²) in [5, 5.41) is 11.1. The van der Waals surface area contributed by atoms with Crippen LogP contribution in [0.1, 0.15) is 27.2 Å². The van der Waals surface area contributed by atoms with E-state index in [9.17, 15) is 14.7 Å². The molecule has 5 fully saturated rings. The lowest BCUT2D eigenvalue weighted by Crippen LogP contribution is -2.51. The molecular formula is C20H24O8. The quantitative estimate of drug-likeness (QED) is 0.409. The molecule has 8 heteroatoms. The van der Waals surface area contributed by atoms with E-state index in [0.29, 0.717) is 18.6 Å². The monoisotopic (exact) mass is 392 g/mol. The predicted molar refractivity (Wildman–Crippen MR) is 93.1 cm³/mol. The second-order valence-corrected chi connectivity index (χ2v) is 8.60. The molecule has 1 aliphatic carbocycles. The van der Waals surface area contributed by atoms with E-state index in [1.54, 1.807) is 19.9 Å². The van der Waals surface area contributed by atoms with Crippen molar-refractivity contribution in [1.82, 2.24) is 0 Å². The zero-order valence-corrected chi connectivity index (χ0v) is 16.0. The van der Waals surface area contributed by atoms with Gasteiger partial charge in [-0.25, -0.2) is 9.59 Å². The molecule has 1 saturated carbocycles. The lowest BCUT2D eigenvalue weighted by atomic mass is 9.77. The number of carbonyl (C=O) groups excluding carboxylic acids is 2. The van der Waals surface area contributed by atoms with Gasteiger partial charge in [-0.1, -0.05) is 12.7 Å². The second-order valence-electron chi connectivity index (χ2n) is 8.60. The molecule has 5 aliphatic rings. The van der Waals surface area contributed by atoms with Crippen LogP contribution in [0.5, 0.6) is 0 Å². The van der Waals surface area contributed by atoms with Crippen molar-refractivity contribution in [3.05, 3.63) is 23.8 Å². The summed E-state index contributed by atoms with van der Waals surface area (Å²) in [5.74, 6) is -1.77. The summed E-state index contributed by atoms with van der Waals surface area (Å²) in [6, 6.07) is 0. The second kappa shape index (κ2) is 5.66. The lowest BCUT2D eigenvalue weighted by Gasteiger charge is -2.32. The van der Waals surface area contributed by atoms with Crippen molar-refractivity contribution in [3.8, 4) is 0 Å². The Kier molecular flexibility index (Phi) is 3.70. The van der Waals surface area contributed by atoms with E-state index >= 15 is 0 Å². The van der Waals surface area contributed by atoms with E-state index in [1.165, 1.54) is 0 Å². The van der Waals surface area contributed by atoms with Gasteiger partial charge >= 0.3 is 11.9 Å². The Bertz CT molecular complexity index is 798. The highest BCUT2D eigenvalue weighted by Gasteiger charge is 2.77. The van der Waals surface area contributed by atoms with E-state index in [1.807, 2.05) is 6.92 Å². The maximum absolute atomic E-state index is 12.5. The summed E-state index contributed by atoms with van der Waals surface area (Å²) < 4.78 is 28.6. The van der Waals surface area contributed by atoms with Crippen LogP contribution < -0.4 is 0 Å². The molecule has 0 amide bonds. The first-order valence-corrected chi connectivity index (χ1v) is 9.61. The summed E-state index contributed by atoms with van der Waals surface area (Å²) in [7, 11) is 0. The summed E-state index contributed by atoms with van der Waals surface area (Å²) in [4.78, 5) is 24.8. The fraction of sp³-hybridized carbons (Fsp3) is 0.700. The lowest BCUT2D eigenvalue weighted by molar-refractivity contribution is -0.155. The van der Waals surface area contributed by atoms with Crippen LogP contribution in [0.25, 0.3) is 0 Å². The molecule has 0 aromatic carbocycles. The van der Waals surface area contributed by atoms with Crippen LogP contribution in [0.3, 0.4) is 0 Å². The third-order valence-electron chi connectivity index (χ3n) is 6.82. The third kappa shape index (κ3) is 2.45. The fourth-order valence-corrected chi connectivity index (χ4v) is 4.74. The first-order chi connectivity index (χ1) is 13.2. The Morgan fingerprint density at radius 2 is 2.07 bits per heavy atom. The Labute approximate surface area is 162 Å². The van der Waals surface area contributed by atoms with Crippen molar-refractivity contribution in [1.29, 1.82) is 0 Å². The first kappa shape index (κ1) is 18.3. The number of epoxide rings is 3. The van der Waals surface area contributed by atoms with E-state index < -0.39 is 47.4 Å². The third-order valence-corrected chi connectivity index (χ3v) is 6.82. The number of fused-ring (bicyclic) bond motifs is 5. The van der Waals surface area contributed by atoms with E-state index in [2.05, 4.69) is 6.58 Å². The smallest absolute Gasteiger partial charge is 0.334 e. The number of hydrogen-bond acceptors (Lipinski definition) is 8. The van der Waals surface area contributed by atoms with Crippen LogP contribution in [0, 0.1) is 5.92 Å². The van der Waals surface area contributed by atoms with Gasteiger partial charge in [0.15, 0.2) is 0 Å². The van der Waals surface area contributed by atoms with Crippen LogP contribution in [-0.2, 0) is 33.3 Å². The first-order valence-electron chi connectivity index (χ1n) is 9.61. The van der Waals surface area contributed by atoms with Crippen LogP contribution in [0.2, 0.25) is 0 Å². The Morgan fingerprint density at radius 1 is 1.36 bits per heavy atom. The molecule has 5 rings (SSSR count). The van der Waals surface area contributed by atoms with Gasteiger partial charge in [-0.3, -0.25) is 0 Å². The topological polar surface area (TPSA) is 110 Å². The SMILES string of the molecule is C=C1C(=O)OC2C1C(OC(=O)/C(C)=C/C)CC1(C)OC1C1OC1C1(CO1)C2O. The molecule has 1 spiro atoms. The molecule has 9 unspecified atom stereocenters. The molecule has 0 aromatic heterocycles. The number of allylic oxidation sites excluding steroid dienone is 1. The Morgan fingerprint density at radius 3 is 2.71 bits per heavy atom. The van der Waals surface area contributed by atoms with Gasteiger partial charge in [-0.15, -0.1) is 0 Å². The molecule has 0 aromatic rings. The molecule has 1 N–H and O–H groups in total. The van der Waals surface area contributed by atoms with Gasteiger partial charge in [-0.05, 0) is 20.8 Å². The number of hydrogen-bond donors (Lipinski definition) is 1. The van der Waals surface area contributed by atoms with Gasteiger partial charge in [0.25, 0.3) is 0 Å². The van der Waals surface area contributed by atoms with E-state index in [-0.39, 0.29) is 23.9 Å². The van der Waals surface area contributed by atoms with Gasteiger partial charge in [-0.2, -0.15) is 0 Å². The van der Waals surface area contributed by atoms with E-state index in [0.717, 1.165) is 0 Å². The fourth-order valence-electron chi connectivity index (χ4n) is 4.74. The van der Waals surface area contributed by atoms with Crippen molar-refractivity contribution in [2.45, 2.75) is 75.0 Å². The number of aliphatic hydroxyl groups excluding tert-OH is 1. The molecule has 28 heavy (non-hydrogen) atoms. The Balaban J connectivity index is 1.53. The van der Waals surface area contributed by atoms with Crippen molar-refractivity contribution in [2.24, 2.45) is 5.92 Å². The number of aliphatic hydroxyl groups is 1. The minimum Gasteiger partial charge on any atom is -0.458 e. The van der Waals surface area contributed by atoms with Crippen molar-refractivity contribution in [2.75, 3.05) is 6.61 Å². The molecule has 0 radical (unpaired) electrons. The maximum Gasteiger partial charge on any atom is 0.334 e. The highest BCUT2D eigenvalue weighted by Crippen LogP contribution is 2.58. The molecular weight excluding hydrogens is 368 g/mol. The van der Waals surface area contributed by atoms with Crippen molar-refractivity contribution < 1.29 is 38.4 Å². The molecule has 8 nitrogen and oxygen atoms in total. The minimum absolute atomic E-state index is 0.169. The van der Waals surface area contributed by atoms with Crippen LogP contribution >= 0.6 is 0 Å². The number of ether oxygens (including phenoxy) is 5. The largest absolute Gasteiger partial charge is 0.458 e. The summed E-state index contributed by atoms with van der Waals surface area (Å²) in [6.07, 6.45) is -1.41. The molecule has 4 aliphatic heterocycles. The minimum atomic E-state index is -1.11. The Hall–Kier alpha value is -1.74. The highest BCUT2D eigenvalue weighted by molar-refractivity contribution is 5.91. The van der Waals surface area contributed by atoms with Crippen LogP contribution in [-0.4, -0.2) is 71.5 Å². The summed E-state index contributed by atoms with van der Waals surface area (Å²) >= 11 is 0. The zero-order valence-electron chi connectivity index (χ0n) is 16.0. The van der Waals surface area contributed by atoms with Gasteiger partial charge in [0.1, 0.15) is 42.2 Å². The molecule has 152 valence electrons. The molecule has 4 heterocycles. The summed E-state index contributed by atoms with van der Waals surface area (Å²) in [5.41, 5.74) is -0.832. The standard InChI is InChI=1S/C20H24O8/c1-5-8(2)17(22)25-10-6-19(4)15(28-19)13-16(26-13)20(7-24-20)14(21)12-11(10)9(3)18(23)27-12/h5,10-16,21H,3,6-7H2,1-2,4H3/b8-5+. The van der Waals surface area contributed by atoms with Gasteiger partial charge in [0.05, 0.1) is 18.1 Å². The number of rotatable bonds is 2. The average molecular weight is 392 g/mol. The normalized spacial score (nSPS) is 51.6. The van der Waals surface area contributed by atoms with Gasteiger partial charge < -0.3 is 28.8 Å². The van der Waals surface area contributed by atoms with Crippen molar-refractivity contribution >= 4 is 11.9 Å². The van der Waals surface area contributed by atoms with Gasteiger partial charge in [0, 0.05) is 17.6 Å². The molecule has 4 saturated heterocycles. The zero-order chi connectivity index (χ0) is 20.0. The van der Waals surface area contributed by atoms with Crippen molar-refractivity contribution in [3.63, 3.8) is 0 Å². The highest BCUT2D eigenvalue weighted by atomic mass is 16.7. The maximum atomic E-state index is 12.5. The number of carbonyl (C=O) groups is 2. The average Bonchev–Trinajstić information content (AvgIpc) is 3.53. The van der Waals surface area contributed by atoms with E-state index in [4.69, 9.17) is 23.7 Å². The van der Waals surface area contributed by atoms with Crippen LogP contribution in [0.4, 0.5) is 0 Å². The number of esters is 2. The predicted octanol–water partition coefficient (Wildman–Crippen LogP) is 0.421. The van der Waals surface area contributed by atoms with Crippen LogP contribution in [0.15, 0.2) is 23.8 Å². The van der Waals surface area contributed by atoms with Gasteiger partial charge in [0.2, 0.25) is 0 Å².